The number of carbonyl (C=O) groups is 1. The van der Waals surface area contributed by atoms with Gasteiger partial charge in [-0.1, -0.05) is 0 Å². The first-order chi connectivity index (χ1) is 10.9. The SMILES string of the molecule is Cc1ccc(S(=O)(=O)N2CCCC(C(=O)NCCCCN)C2)s1. The molecule has 0 bridgehead atoms. The van der Waals surface area contributed by atoms with Crippen LogP contribution in [-0.2, 0) is 14.8 Å². The maximum absolute atomic E-state index is 12.7. The molecule has 1 aromatic rings. The minimum absolute atomic E-state index is 0.0516. The zero-order valence-electron chi connectivity index (χ0n) is 13.5. The average molecular weight is 360 g/mol. The molecule has 1 saturated heterocycles. The van der Waals surface area contributed by atoms with Gasteiger partial charge in [-0.25, -0.2) is 8.42 Å². The maximum atomic E-state index is 12.7. The lowest BCUT2D eigenvalue weighted by molar-refractivity contribution is -0.126. The molecule has 2 heterocycles. The van der Waals surface area contributed by atoms with E-state index in [-0.39, 0.29) is 18.4 Å². The number of nitrogens with one attached hydrogen (secondary N) is 1. The number of sulfonamides is 1. The highest BCUT2D eigenvalue weighted by molar-refractivity contribution is 7.91. The second-order valence-corrected chi connectivity index (χ2v) is 9.31. The molecule has 130 valence electrons. The second-order valence-electron chi connectivity index (χ2n) is 5.85. The minimum atomic E-state index is -3.48. The van der Waals surface area contributed by atoms with Crippen LogP contribution in [0.3, 0.4) is 0 Å². The first-order valence-electron chi connectivity index (χ1n) is 7.99. The van der Waals surface area contributed by atoms with Gasteiger partial charge in [0.25, 0.3) is 10.0 Å². The van der Waals surface area contributed by atoms with Gasteiger partial charge >= 0.3 is 0 Å². The molecule has 2 rings (SSSR count). The van der Waals surface area contributed by atoms with Gasteiger partial charge in [0, 0.05) is 24.5 Å². The Balaban J connectivity index is 1.96. The van der Waals surface area contributed by atoms with Gasteiger partial charge in [-0.15, -0.1) is 11.3 Å². The fraction of sp³-hybridized carbons (Fsp3) is 0.667. The average Bonchev–Trinajstić information content (AvgIpc) is 2.99. The number of unbranched alkanes of at least 4 members (excludes halogenated alkanes) is 1. The van der Waals surface area contributed by atoms with E-state index in [4.69, 9.17) is 5.73 Å². The van der Waals surface area contributed by atoms with Gasteiger partial charge in [-0.3, -0.25) is 4.79 Å². The molecule has 1 atom stereocenters. The van der Waals surface area contributed by atoms with Crippen LogP contribution in [0.15, 0.2) is 16.3 Å². The summed E-state index contributed by atoms with van der Waals surface area (Å²) in [6, 6.07) is 3.45. The molecule has 23 heavy (non-hydrogen) atoms. The first-order valence-corrected chi connectivity index (χ1v) is 10.2. The standard InChI is InChI=1S/C15H25N3O3S2/c1-12-6-7-14(22-12)23(20,21)18-10-4-5-13(11-18)15(19)17-9-3-2-8-16/h6-7,13H,2-5,8-11,16H2,1H3,(H,17,19). The van der Waals surface area contributed by atoms with Gasteiger partial charge in [-0.05, 0) is 51.3 Å². The summed E-state index contributed by atoms with van der Waals surface area (Å²) >= 11 is 1.28. The number of nitrogens with two attached hydrogens (primary N) is 1. The van der Waals surface area contributed by atoms with E-state index in [1.807, 2.05) is 13.0 Å². The molecular formula is C15H25N3O3S2. The molecule has 0 aliphatic carbocycles. The normalized spacial score (nSPS) is 19.7. The van der Waals surface area contributed by atoms with Gasteiger partial charge in [0.15, 0.2) is 0 Å². The number of aryl methyl sites for hydroxylation is 1. The molecule has 1 aliphatic heterocycles. The van der Waals surface area contributed by atoms with E-state index in [0.29, 0.717) is 30.3 Å². The van der Waals surface area contributed by atoms with Gasteiger partial charge in [-0.2, -0.15) is 4.31 Å². The van der Waals surface area contributed by atoms with Gasteiger partial charge in [0.05, 0.1) is 5.92 Å². The van der Waals surface area contributed by atoms with E-state index in [0.717, 1.165) is 24.1 Å². The molecule has 8 heteroatoms. The predicted octanol–water partition coefficient (Wildman–Crippen LogP) is 1.31. The zero-order chi connectivity index (χ0) is 16.9. The van der Waals surface area contributed by atoms with Crippen molar-refractivity contribution in [3.05, 3.63) is 17.0 Å². The van der Waals surface area contributed by atoms with E-state index in [1.54, 1.807) is 6.07 Å². The van der Waals surface area contributed by atoms with Crippen molar-refractivity contribution in [3.8, 4) is 0 Å². The summed E-state index contributed by atoms with van der Waals surface area (Å²) in [6.45, 7) is 3.85. The molecule has 1 unspecified atom stereocenters. The van der Waals surface area contributed by atoms with E-state index >= 15 is 0 Å². The summed E-state index contributed by atoms with van der Waals surface area (Å²) in [6.07, 6.45) is 3.18. The summed E-state index contributed by atoms with van der Waals surface area (Å²) < 4.78 is 27.1. The fourth-order valence-electron chi connectivity index (χ4n) is 2.68. The Labute approximate surface area is 142 Å². The van der Waals surface area contributed by atoms with Gasteiger partial charge < -0.3 is 11.1 Å². The summed E-state index contributed by atoms with van der Waals surface area (Å²) in [7, 11) is -3.48. The molecule has 1 fully saturated rings. The van der Waals surface area contributed by atoms with E-state index in [2.05, 4.69) is 5.32 Å². The molecule has 0 spiro atoms. The summed E-state index contributed by atoms with van der Waals surface area (Å²) in [5, 5.41) is 2.89. The molecule has 1 aliphatic rings. The van der Waals surface area contributed by atoms with Crippen LogP contribution in [0, 0.1) is 12.8 Å². The Hall–Kier alpha value is -0.960. The molecule has 0 radical (unpaired) electrons. The number of hydrogen-bond donors (Lipinski definition) is 2. The quantitative estimate of drug-likeness (QED) is 0.718. The predicted molar refractivity (Wildman–Crippen MR) is 91.8 cm³/mol. The lowest BCUT2D eigenvalue weighted by Crippen LogP contribution is -2.45. The monoisotopic (exact) mass is 359 g/mol. The van der Waals surface area contributed by atoms with Crippen LogP contribution >= 0.6 is 11.3 Å². The molecule has 1 amide bonds. The Morgan fingerprint density at radius 3 is 2.87 bits per heavy atom. The van der Waals surface area contributed by atoms with Crippen LogP contribution < -0.4 is 11.1 Å². The summed E-state index contributed by atoms with van der Waals surface area (Å²) in [4.78, 5) is 13.2. The number of amides is 1. The second kappa shape index (κ2) is 8.23. The highest BCUT2D eigenvalue weighted by Gasteiger charge is 2.33. The number of hydrogen-bond acceptors (Lipinski definition) is 5. The largest absolute Gasteiger partial charge is 0.356 e. The van der Waals surface area contributed by atoms with Crippen LogP contribution in [0.1, 0.15) is 30.6 Å². The number of carbonyl (C=O) groups excluding carboxylic acids is 1. The Bertz CT molecular complexity index is 628. The lowest BCUT2D eigenvalue weighted by Gasteiger charge is -2.30. The Morgan fingerprint density at radius 1 is 1.43 bits per heavy atom. The topological polar surface area (TPSA) is 92.5 Å². The third-order valence-corrected chi connectivity index (χ3v) is 7.33. The number of rotatable bonds is 7. The Morgan fingerprint density at radius 2 is 2.22 bits per heavy atom. The minimum Gasteiger partial charge on any atom is -0.356 e. The highest BCUT2D eigenvalue weighted by Crippen LogP contribution is 2.28. The van der Waals surface area contributed by atoms with Crippen molar-refractivity contribution >= 4 is 27.3 Å². The molecule has 6 nitrogen and oxygen atoms in total. The molecule has 3 N–H and O–H groups in total. The van der Waals surface area contributed by atoms with Gasteiger partial charge in [0.1, 0.15) is 4.21 Å². The molecule has 1 aromatic heterocycles. The lowest BCUT2D eigenvalue weighted by atomic mass is 9.99. The van der Waals surface area contributed by atoms with Crippen LogP contribution in [0.4, 0.5) is 0 Å². The van der Waals surface area contributed by atoms with Crippen LogP contribution in [0.25, 0.3) is 0 Å². The zero-order valence-corrected chi connectivity index (χ0v) is 15.1. The first kappa shape index (κ1) is 18.4. The summed E-state index contributed by atoms with van der Waals surface area (Å²) in [5.41, 5.74) is 5.43. The number of piperidine rings is 1. The molecular weight excluding hydrogens is 334 g/mol. The van der Waals surface area contributed by atoms with Crippen LogP contribution in [0.2, 0.25) is 0 Å². The van der Waals surface area contributed by atoms with Gasteiger partial charge in [0.2, 0.25) is 5.91 Å². The Kier molecular flexibility index (Phi) is 6.58. The number of nitrogens with zero attached hydrogens (tertiary/aromatic N) is 1. The van der Waals surface area contributed by atoms with Crippen molar-refractivity contribution in [1.29, 1.82) is 0 Å². The van der Waals surface area contributed by atoms with Crippen molar-refractivity contribution in [2.75, 3.05) is 26.2 Å². The maximum Gasteiger partial charge on any atom is 0.252 e. The van der Waals surface area contributed by atoms with E-state index in [9.17, 15) is 13.2 Å². The summed E-state index contributed by atoms with van der Waals surface area (Å²) in [5.74, 6) is -0.318. The van der Waals surface area contributed by atoms with Crippen molar-refractivity contribution in [1.82, 2.24) is 9.62 Å². The number of thiophene rings is 1. The molecule has 0 aromatic carbocycles. The van der Waals surface area contributed by atoms with Crippen LogP contribution in [-0.4, -0.2) is 44.8 Å². The van der Waals surface area contributed by atoms with Crippen molar-refractivity contribution < 1.29 is 13.2 Å². The third-order valence-electron chi connectivity index (χ3n) is 3.99. The van der Waals surface area contributed by atoms with Crippen molar-refractivity contribution in [2.24, 2.45) is 11.7 Å². The van der Waals surface area contributed by atoms with E-state index in [1.165, 1.54) is 15.6 Å². The van der Waals surface area contributed by atoms with E-state index < -0.39 is 10.0 Å². The smallest absolute Gasteiger partial charge is 0.252 e. The molecule has 0 saturated carbocycles. The van der Waals surface area contributed by atoms with Crippen molar-refractivity contribution in [3.63, 3.8) is 0 Å². The van der Waals surface area contributed by atoms with Crippen LogP contribution in [0.5, 0.6) is 0 Å². The fourth-order valence-corrected chi connectivity index (χ4v) is 5.64. The highest BCUT2D eigenvalue weighted by atomic mass is 32.2. The third kappa shape index (κ3) is 4.76. The van der Waals surface area contributed by atoms with Crippen molar-refractivity contribution in [2.45, 2.75) is 36.8 Å².